The molecular formula is C17H13N3O2S3. The van der Waals surface area contributed by atoms with Gasteiger partial charge < -0.3 is 14.8 Å². The Morgan fingerprint density at radius 1 is 1.32 bits per heavy atom. The Kier molecular flexibility index (Phi) is 4.24. The Morgan fingerprint density at radius 3 is 2.92 bits per heavy atom. The highest BCUT2D eigenvalue weighted by Crippen LogP contribution is 2.34. The van der Waals surface area contributed by atoms with E-state index in [1.807, 2.05) is 35.7 Å². The van der Waals surface area contributed by atoms with Gasteiger partial charge in [0.2, 0.25) is 0 Å². The average molecular weight is 388 g/mol. The Labute approximate surface area is 155 Å². The Hall–Kier alpha value is -2.29. The lowest BCUT2D eigenvalue weighted by Gasteiger charge is -2.04. The van der Waals surface area contributed by atoms with Gasteiger partial charge in [0, 0.05) is 5.39 Å². The molecule has 126 valence electrons. The van der Waals surface area contributed by atoms with Gasteiger partial charge in [-0.3, -0.25) is 0 Å². The molecule has 0 spiro atoms. The number of anilines is 1. The van der Waals surface area contributed by atoms with E-state index in [2.05, 4.69) is 20.8 Å². The van der Waals surface area contributed by atoms with E-state index in [9.17, 15) is 9.90 Å². The first-order valence-electron chi connectivity index (χ1n) is 7.41. The van der Waals surface area contributed by atoms with Crippen LogP contribution in [-0.2, 0) is 0 Å². The van der Waals surface area contributed by atoms with Gasteiger partial charge in [0.25, 0.3) is 0 Å². The van der Waals surface area contributed by atoms with E-state index in [-0.39, 0.29) is 4.88 Å². The Bertz CT molecular complexity index is 1050. The average Bonchev–Trinajstić information content (AvgIpc) is 3.31. The topological polar surface area (TPSA) is 78.0 Å². The minimum Gasteiger partial charge on any atom is -0.477 e. The number of para-hydroxylation sites is 1. The van der Waals surface area contributed by atoms with E-state index in [0.29, 0.717) is 10.7 Å². The van der Waals surface area contributed by atoms with Crippen molar-refractivity contribution in [2.24, 2.45) is 0 Å². The third kappa shape index (κ3) is 3.15. The van der Waals surface area contributed by atoms with Crippen molar-refractivity contribution in [3.05, 3.63) is 52.3 Å². The largest absolute Gasteiger partial charge is 0.477 e. The molecule has 0 fully saturated rings. The number of thiazole rings is 1. The van der Waals surface area contributed by atoms with Crippen LogP contribution in [0.25, 0.3) is 21.6 Å². The highest BCUT2D eigenvalue weighted by atomic mass is 32.2. The maximum absolute atomic E-state index is 11.2. The van der Waals surface area contributed by atoms with Gasteiger partial charge in [-0.15, -0.1) is 22.7 Å². The number of carboxylic acid groups (broad SMARTS) is 1. The molecule has 0 saturated heterocycles. The molecule has 4 aromatic rings. The molecule has 4 rings (SSSR count). The summed E-state index contributed by atoms with van der Waals surface area (Å²) in [5.41, 5.74) is 3.32. The van der Waals surface area contributed by atoms with Crippen molar-refractivity contribution in [3.8, 4) is 10.7 Å². The Morgan fingerprint density at radius 2 is 2.20 bits per heavy atom. The summed E-state index contributed by atoms with van der Waals surface area (Å²) in [6, 6.07) is 12.1. The molecule has 0 unspecified atom stereocenters. The van der Waals surface area contributed by atoms with Crippen molar-refractivity contribution in [2.75, 3.05) is 4.72 Å². The number of rotatable bonds is 5. The molecule has 1 aromatic carbocycles. The van der Waals surface area contributed by atoms with Gasteiger partial charge in [-0.1, -0.05) is 18.2 Å². The molecule has 25 heavy (non-hydrogen) atoms. The highest BCUT2D eigenvalue weighted by molar-refractivity contribution is 8.02. The third-order valence-corrected chi connectivity index (χ3v) is 6.67. The second-order valence-corrected chi connectivity index (χ2v) is 8.38. The van der Waals surface area contributed by atoms with Crippen molar-refractivity contribution < 1.29 is 9.90 Å². The smallest absolute Gasteiger partial charge is 0.347 e. The monoisotopic (exact) mass is 387 g/mol. The first kappa shape index (κ1) is 16.2. The van der Waals surface area contributed by atoms with Crippen LogP contribution < -0.4 is 4.72 Å². The number of aromatic carboxylic acids is 1. The number of aromatic amines is 1. The van der Waals surface area contributed by atoms with Gasteiger partial charge in [0.15, 0.2) is 0 Å². The van der Waals surface area contributed by atoms with Crippen LogP contribution in [0.4, 0.5) is 5.69 Å². The minimum atomic E-state index is -0.938. The molecule has 0 aliphatic carbocycles. The second kappa shape index (κ2) is 6.55. The lowest BCUT2D eigenvalue weighted by atomic mass is 10.2. The quantitative estimate of drug-likeness (QED) is 0.395. The number of aromatic nitrogens is 2. The van der Waals surface area contributed by atoms with Crippen molar-refractivity contribution in [1.29, 1.82) is 0 Å². The summed E-state index contributed by atoms with van der Waals surface area (Å²) in [6.45, 7) is 1.72. The highest BCUT2D eigenvalue weighted by Gasteiger charge is 2.17. The lowest BCUT2D eigenvalue weighted by Crippen LogP contribution is -1.94. The van der Waals surface area contributed by atoms with Crippen LogP contribution in [0.1, 0.15) is 15.4 Å². The van der Waals surface area contributed by atoms with E-state index < -0.39 is 5.97 Å². The number of hydrogen-bond acceptors (Lipinski definition) is 6. The predicted octanol–water partition coefficient (Wildman–Crippen LogP) is 5.48. The predicted molar refractivity (Wildman–Crippen MR) is 105 cm³/mol. The maximum Gasteiger partial charge on any atom is 0.347 e. The first-order chi connectivity index (χ1) is 12.1. The van der Waals surface area contributed by atoms with Crippen molar-refractivity contribution >= 4 is 57.2 Å². The molecular weight excluding hydrogens is 374 g/mol. The molecule has 0 atom stereocenters. The van der Waals surface area contributed by atoms with Crippen LogP contribution in [0.15, 0.2) is 46.0 Å². The van der Waals surface area contributed by atoms with E-state index in [4.69, 9.17) is 0 Å². The molecule has 0 aliphatic heterocycles. The van der Waals surface area contributed by atoms with Gasteiger partial charge >= 0.3 is 5.97 Å². The molecule has 3 aromatic heterocycles. The molecule has 0 amide bonds. The molecule has 0 bridgehead atoms. The normalized spacial score (nSPS) is 11.1. The zero-order valence-corrected chi connectivity index (χ0v) is 15.5. The molecule has 0 radical (unpaired) electrons. The summed E-state index contributed by atoms with van der Waals surface area (Å²) in [7, 11) is 0. The number of carbonyl (C=O) groups is 1. The summed E-state index contributed by atoms with van der Waals surface area (Å²) in [6.07, 6.45) is 0. The van der Waals surface area contributed by atoms with Crippen LogP contribution >= 0.6 is 34.6 Å². The van der Waals surface area contributed by atoms with E-state index in [1.54, 1.807) is 30.2 Å². The van der Waals surface area contributed by atoms with Crippen molar-refractivity contribution in [2.45, 2.75) is 11.1 Å². The van der Waals surface area contributed by atoms with E-state index in [1.165, 1.54) is 15.5 Å². The maximum atomic E-state index is 11.2. The lowest BCUT2D eigenvalue weighted by molar-refractivity contribution is 0.0701. The fraction of sp³-hybridized carbons (Fsp3) is 0.0588. The molecule has 5 nitrogen and oxygen atoms in total. The molecule has 0 saturated carbocycles. The van der Waals surface area contributed by atoms with Crippen LogP contribution in [0.5, 0.6) is 0 Å². The molecule has 0 aliphatic rings. The Balaban J connectivity index is 1.69. The molecule has 3 N–H and O–H groups in total. The number of thiophene rings is 1. The number of benzene rings is 1. The summed E-state index contributed by atoms with van der Waals surface area (Å²) < 4.78 is 4.56. The summed E-state index contributed by atoms with van der Waals surface area (Å²) in [5.74, 6) is -0.938. The van der Waals surface area contributed by atoms with E-state index in [0.717, 1.165) is 22.3 Å². The zero-order chi connectivity index (χ0) is 17.4. The van der Waals surface area contributed by atoms with Gasteiger partial charge in [0.05, 0.1) is 26.8 Å². The van der Waals surface area contributed by atoms with Crippen LogP contribution in [0.2, 0.25) is 0 Å². The number of aryl methyl sites for hydroxylation is 1. The van der Waals surface area contributed by atoms with Crippen LogP contribution in [-0.4, -0.2) is 21.0 Å². The number of hydrogen-bond donors (Lipinski definition) is 3. The van der Waals surface area contributed by atoms with Crippen molar-refractivity contribution in [1.82, 2.24) is 9.97 Å². The fourth-order valence-corrected chi connectivity index (χ4v) is 4.83. The summed E-state index contributed by atoms with van der Waals surface area (Å²) in [5, 5.41) is 13.0. The van der Waals surface area contributed by atoms with E-state index >= 15 is 0 Å². The van der Waals surface area contributed by atoms with Crippen LogP contribution in [0, 0.1) is 6.92 Å². The second-order valence-electron chi connectivity index (χ2n) is 5.33. The number of fused-ring (bicyclic) bond motifs is 1. The number of nitrogens with zero attached hydrogens (tertiary/aromatic N) is 1. The van der Waals surface area contributed by atoms with Crippen LogP contribution in [0.3, 0.4) is 0 Å². The standard InChI is InChI=1S/C17H13N3O2S3/c1-9-15(17(21)22)24-16(18-9)12-8-10-4-2-5-11(14(10)19-12)20-25-13-6-3-7-23-13/h2-8,19-20H,1H3,(H,21,22). The fourth-order valence-electron chi connectivity index (χ4n) is 2.49. The minimum absolute atomic E-state index is 0.278. The zero-order valence-electron chi connectivity index (χ0n) is 13.1. The van der Waals surface area contributed by atoms with Crippen molar-refractivity contribution in [3.63, 3.8) is 0 Å². The SMILES string of the molecule is Cc1nc(-c2cc3cccc(NSc4cccs4)c3[nH]2)sc1C(=O)O. The summed E-state index contributed by atoms with van der Waals surface area (Å²) >= 11 is 4.44. The molecule has 8 heteroatoms. The van der Waals surface area contributed by atoms with Gasteiger partial charge in [-0.2, -0.15) is 0 Å². The van der Waals surface area contributed by atoms with Gasteiger partial charge in [-0.05, 0) is 42.5 Å². The van der Waals surface area contributed by atoms with Gasteiger partial charge in [0.1, 0.15) is 9.88 Å². The first-order valence-corrected chi connectivity index (χ1v) is 9.92. The number of H-pyrrole nitrogens is 1. The molecule has 3 heterocycles. The summed E-state index contributed by atoms with van der Waals surface area (Å²) in [4.78, 5) is 19.3. The number of nitrogens with one attached hydrogen (secondary N) is 2. The van der Waals surface area contributed by atoms with Gasteiger partial charge in [-0.25, -0.2) is 9.78 Å². The number of carboxylic acids is 1. The third-order valence-electron chi connectivity index (χ3n) is 3.63.